The van der Waals surface area contributed by atoms with E-state index in [0.717, 1.165) is 42.2 Å². The molecule has 2 bridgehead atoms. The molecular formula is C78H120F8N12O14. The van der Waals surface area contributed by atoms with Crippen LogP contribution in [0.25, 0.3) is 0 Å². The number of likely N-dealkylation sites (N-methyl/N-ethyl adjacent to an activating group) is 7. The molecule has 12 atom stereocenters. The van der Waals surface area contributed by atoms with Crippen molar-refractivity contribution in [3.63, 3.8) is 0 Å². The number of carbonyl (C=O) groups excluding carboxylic acids is 12. The molecule has 12 amide bonds. The largest absolute Gasteiger partial charge is 0.397 e. The summed E-state index contributed by atoms with van der Waals surface area (Å²) in [5, 5.41) is 8.45. The topological polar surface area (TPSA) is 289 Å². The molecular weight excluding hydrogens is 1480 g/mol. The predicted molar refractivity (Wildman–Crippen MR) is 394 cm³/mol. The fraction of sp³-hybridized carbons (Fsp3) is 0.821. The molecule has 2 saturated heterocycles. The van der Waals surface area contributed by atoms with Crippen LogP contribution >= 0.6 is 0 Å². The first-order valence-electron chi connectivity index (χ1n) is 39.9. The van der Waals surface area contributed by atoms with E-state index in [1.54, 1.807) is 26.0 Å². The zero-order valence-electron chi connectivity index (χ0n) is 67.3. The molecule has 7 fully saturated rings. The van der Waals surface area contributed by atoms with E-state index in [-0.39, 0.29) is 89.8 Å². The summed E-state index contributed by atoms with van der Waals surface area (Å²) in [4.78, 5) is 193. The van der Waals surface area contributed by atoms with E-state index < -0.39 is 242 Å². The Morgan fingerprint density at radius 3 is 1.82 bits per heavy atom. The van der Waals surface area contributed by atoms with Crippen molar-refractivity contribution >= 4 is 70.9 Å². The van der Waals surface area contributed by atoms with Crippen molar-refractivity contribution in [1.29, 1.82) is 0 Å². The Labute approximate surface area is 652 Å². The van der Waals surface area contributed by atoms with Crippen molar-refractivity contribution in [2.75, 3.05) is 96.3 Å². The van der Waals surface area contributed by atoms with Crippen LogP contribution in [-0.2, 0) is 67.0 Å². The highest BCUT2D eigenvalue weighted by Crippen LogP contribution is 2.50. The fourth-order valence-electron chi connectivity index (χ4n) is 18.3. The van der Waals surface area contributed by atoms with Gasteiger partial charge in [0.15, 0.2) is 0 Å². The summed E-state index contributed by atoms with van der Waals surface area (Å²) in [6, 6.07) is -11.8. The first-order valence-corrected chi connectivity index (χ1v) is 39.9. The highest BCUT2D eigenvalue weighted by atomic mass is 19.4. The molecule has 3 aliphatic heterocycles. The number of nitrogens with one attached hydrogen (secondary N) is 3. The lowest BCUT2D eigenvalue weighted by molar-refractivity contribution is -0.219. The maximum Gasteiger partial charge on any atom is 0.397 e. The molecule has 0 radical (unpaired) electrons. The van der Waals surface area contributed by atoms with E-state index in [1.165, 1.54) is 78.2 Å². The molecule has 0 aromatic heterocycles. The van der Waals surface area contributed by atoms with Gasteiger partial charge in [-0.25, -0.2) is 8.78 Å². The highest BCUT2D eigenvalue weighted by molar-refractivity contribution is 6.01. The molecule has 0 aromatic rings. The lowest BCUT2D eigenvalue weighted by Crippen LogP contribution is -2.71. The van der Waals surface area contributed by atoms with Gasteiger partial charge in [0.05, 0.1) is 44.2 Å². The summed E-state index contributed by atoms with van der Waals surface area (Å²) >= 11 is 0. The number of methoxy groups -OCH3 is 1. The first kappa shape index (κ1) is 90.3. The monoisotopic (exact) mass is 1600 g/mol. The SMILES string of the molecule is CC[C@H](C)[C@@H]1NC(=O)[C@H](COC)N(C)C(=O)C[C@@H](C(=O)N(C)C)N(C)C(=O)[C@H](C2CCCCC2)N(C)C(=O)C2(CC(C)(C)C2)NC(=O)[C@@H]2C[C@@H](OC3CCC3)CN2C(=O)[C@H](CCC2CC(F)C(C(F)(F)F)C(F)C2)NC(=O)CN(C)C(=O)[C@H](CC2CCC(C(F)(F)F)CC2)N2CC/C=C\C[C@@H](C2=O)N(C)C(=O)CN(C)C1=O. The van der Waals surface area contributed by atoms with Gasteiger partial charge in [0.2, 0.25) is 70.9 Å². The molecule has 112 heavy (non-hydrogen) atoms. The van der Waals surface area contributed by atoms with Crippen LogP contribution in [0.4, 0.5) is 35.1 Å². The molecule has 1 spiro atoms. The third-order valence-corrected chi connectivity index (χ3v) is 25.2. The maximum atomic E-state index is 15.9. The Morgan fingerprint density at radius 1 is 0.634 bits per heavy atom. The van der Waals surface area contributed by atoms with Gasteiger partial charge in [-0.1, -0.05) is 65.5 Å². The molecule has 2 unspecified atom stereocenters. The summed E-state index contributed by atoms with van der Waals surface area (Å²) in [6.45, 7) is 4.72. The Kier molecular flexibility index (Phi) is 30.6. The lowest BCUT2D eigenvalue weighted by Gasteiger charge is -2.54. The van der Waals surface area contributed by atoms with Crippen LogP contribution in [0.15, 0.2) is 12.2 Å². The molecule has 632 valence electrons. The number of alkyl halides is 8. The van der Waals surface area contributed by atoms with Crippen molar-refractivity contribution in [3.05, 3.63) is 12.2 Å². The van der Waals surface area contributed by atoms with E-state index in [4.69, 9.17) is 9.47 Å². The summed E-state index contributed by atoms with van der Waals surface area (Å²) in [6.07, 6.45) is -11.3. The Bertz CT molecular complexity index is 3380. The number of fused-ring (bicyclic) bond motifs is 3. The van der Waals surface area contributed by atoms with Gasteiger partial charge in [0.1, 0.15) is 72.1 Å². The molecule has 8 rings (SSSR count). The second-order valence-corrected chi connectivity index (χ2v) is 34.2. The summed E-state index contributed by atoms with van der Waals surface area (Å²) in [5.74, 6) is -17.2. The number of ether oxygens (including phenoxy) is 2. The maximum absolute atomic E-state index is 15.9. The molecule has 5 aliphatic carbocycles. The molecule has 0 aromatic carbocycles. The molecule has 5 saturated carbocycles. The fourth-order valence-corrected chi connectivity index (χ4v) is 18.3. The van der Waals surface area contributed by atoms with E-state index >= 15 is 37.5 Å². The van der Waals surface area contributed by atoms with Gasteiger partial charge in [-0.3, -0.25) is 57.5 Å². The zero-order chi connectivity index (χ0) is 83.0. The van der Waals surface area contributed by atoms with E-state index in [0.29, 0.717) is 44.9 Å². The second kappa shape index (κ2) is 38.0. The third-order valence-electron chi connectivity index (χ3n) is 25.2. The van der Waals surface area contributed by atoms with Crippen LogP contribution in [0.3, 0.4) is 0 Å². The van der Waals surface area contributed by atoms with Crippen molar-refractivity contribution in [3.8, 4) is 0 Å². The number of halogens is 8. The third kappa shape index (κ3) is 21.6. The van der Waals surface area contributed by atoms with Gasteiger partial charge >= 0.3 is 12.4 Å². The Morgan fingerprint density at radius 2 is 1.26 bits per heavy atom. The standard InChI is InChI=1S/C78H120F8N12O14/c1-14-45(2)64-72(108)92(8)41-62(101)93(9)55-26-19-16-20-33-97(71(55)107)58(36-46-27-30-49(31-28-46)77(81,82)83)70(106)91(7)40-60(99)87-54(32-29-47-34-52(79)63(53(80)35-47)78(84,85)86)68(104)98-39-51(112-50-24-21-25-50)37-56(98)67(103)89-76(43-75(3,4)44-76)74(110)96(12)65(48-22-17-15-18-23-48)73(109)95(11)57(69(105)90(5)6)38-61(100)94(10)59(42-111-13)66(102)88-64/h16,19,45-59,63-65H,14-15,17-18,20-44H2,1-13H3,(H,87,99)(H,88,102)(H,89,103)/b19-16-/t45-,46?,47?,49?,51+,52?,53?,54-,55-,56-,57-,58-,59-,63?,64-,65-/m0/s1. The first-order chi connectivity index (χ1) is 52.4. The quantitative estimate of drug-likeness (QED) is 0.131. The number of rotatable bonds is 13. The van der Waals surface area contributed by atoms with E-state index in [2.05, 4.69) is 16.0 Å². The van der Waals surface area contributed by atoms with E-state index in [9.17, 15) is 55.1 Å². The minimum absolute atomic E-state index is 0.00764. The van der Waals surface area contributed by atoms with Crippen molar-refractivity contribution in [1.82, 2.24) is 60.0 Å². The van der Waals surface area contributed by atoms with Gasteiger partial charge < -0.3 is 69.5 Å². The minimum atomic E-state index is -5.22. The van der Waals surface area contributed by atoms with Gasteiger partial charge in [-0.2, -0.15) is 26.3 Å². The van der Waals surface area contributed by atoms with Crippen LogP contribution < -0.4 is 16.0 Å². The van der Waals surface area contributed by atoms with Crippen LogP contribution in [0.1, 0.15) is 182 Å². The molecule has 3 heterocycles. The predicted octanol–water partition coefficient (Wildman–Crippen LogP) is 6.51. The van der Waals surface area contributed by atoms with Gasteiger partial charge in [-0.05, 0) is 145 Å². The van der Waals surface area contributed by atoms with Crippen molar-refractivity contribution < 1.29 is 102 Å². The summed E-state index contributed by atoms with van der Waals surface area (Å²) < 4.78 is 128. The van der Waals surface area contributed by atoms with E-state index in [1.807, 2.05) is 13.8 Å². The summed E-state index contributed by atoms with van der Waals surface area (Å²) in [7, 11) is 12.0. The minimum Gasteiger partial charge on any atom is -0.382 e. The van der Waals surface area contributed by atoms with Gasteiger partial charge in [0, 0.05) is 83.0 Å². The number of amides is 12. The van der Waals surface area contributed by atoms with Crippen LogP contribution in [-0.4, -0.2) is 302 Å². The average Bonchev–Trinajstić information content (AvgIpc) is 0.851. The van der Waals surface area contributed by atoms with Crippen molar-refractivity contribution in [2.24, 2.45) is 40.9 Å². The lowest BCUT2D eigenvalue weighted by atomic mass is 9.58. The average molecular weight is 1600 g/mol. The smallest absolute Gasteiger partial charge is 0.382 e. The molecule has 26 nitrogen and oxygen atoms in total. The number of hydrogen-bond donors (Lipinski definition) is 3. The van der Waals surface area contributed by atoms with Crippen LogP contribution in [0.2, 0.25) is 0 Å². The number of carbonyl (C=O) groups is 12. The Balaban J connectivity index is 1.23. The molecule has 8 aliphatic rings. The highest BCUT2D eigenvalue weighted by Gasteiger charge is 2.60. The second-order valence-electron chi connectivity index (χ2n) is 34.2. The number of hydrogen-bond acceptors (Lipinski definition) is 14. The Hall–Kier alpha value is -7.26. The normalized spacial score (nSPS) is 32.6. The molecule has 3 N–H and O–H groups in total. The van der Waals surface area contributed by atoms with Gasteiger partial charge in [0.25, 0.3) is 0 Å². The van der Waals surface area contributed by atoms with Crippen LogP contribution in [0.5, 0.6) is 0 Å². The van der Waals surface area contributed by atoms with Gasteiger partial charge in [-0.15, -0.1) is 0 Å². The zero-order valence-corrected chi connectivity index (χ0v) is 67.3. The van der Waals surface area contributed by atoms with Crippen LogP contribution in [0, 0.1) is 40.9 Å². The number of nitrogens with zero attached hydrogens (tertiary/aromatic N) is 9. The molecule has 34 heteroatoms. The van der Waals surface area contributed by atoms with Crippen molar-refractivity contribution in [2.45, 2.75) is 273 Å². The summed E-state index contributed by atoms with van der Waals surface area (Å²) in [5.41, 5.74) is -2.39.